The Balaban J connectivity index is 1.83. The van der Waals surface area contributed by atoms with Gasteiger partial charge in [0, 0.05) is 43.6 Å². The average molecular weight is 301 g/mol. The summed E-state index contributed by atoms with van der Waals surface area (Å²) in [5.41, 5.74) is 1.01. The van der Waals surface area contributed by atoms with Gasteiger partial charge < -0.3 is 4.90 Å². The fraction of sp³-hybridized carbons (Fsp3) is 0.500. The Morgan fingerprint density at radius 3 is 2.32 bits per heavy atom. The number of rotatable bonds is 4. The highest BCUT2D eigenvalue weighted by Crippen LogP contribution is 2.11. The lowest BCUT2D eigenvalue weighted by Crippen LogP contribution is -2.49. The standard InChI is InChI=1S/C14H18Cl2N2O/c15-5-6-17-7-9-18(10-8-17)14(19)11-12-1-3-13(16)4-2-12/h1-4H,5-11H2. The van der Waals surface area contributed by atoms with Crippen molar-refractivity contribution in [3.05, 3.63) is 34.9 Å². The van der Waals surface area contributed by atoms with Gasteiger partial charge in [-0.15, -0.1) is 11.6 Å². The summed E-state index contributed by atoms with van der Waals surface area (Å²) in [5.74, 6) is 0.839. The summed E-state index contributed by atoms with van der Waals surface area (Å²) in [6.45, 7) is 4.32. The summed E-state index contributed by atoms with van der Waals surface area (Å²) in [6.07, 6.45) is 0.451. The van der Waals surface area contributed by atoms with Crippen LogP contribution < -0.4 is 0 Å². The van der Waals surface area contributed by atoms with E-state index in [1.54, 1.807) is 0 Å². The van der Waals surface area contributed by atoms with Crippen LogP contribution in [0.25, 0.3) is 0 Å². The van der Waals surface area contributed by atoms with Gasteiger partial charge in [0.05, 0.1) is 6.42 Å². The summed E-state index contributed by atoms with van der Waals surface area (Å²) in [7, 11) is 0. The Labute approximate surface area is 124 Å². The Morgan fingerprint density at radius 1 is 1.11 bits per heavy atom. The SMILES string of the molecule is O=C(Cc1ccc(Cl)cc1)N1CCN(CCCl)CC1. The molecule has 0 atom stereocenters. The van der Waals surface area contributed by atoms with Gasteiger partial charge in [-0.3, -0.25) is 9.69 Å². The highest BCUT2D eigenvalue weighted by atomic mass is 35.5. The molecule has 1 aromatic carbocycles. The summed E-state index contributed by atoms with van der Waals surface area (Å²) < 4.78 is 0. The second-order valence-electron chi connectivity index (χ2n) is 4.71. The topological polar surface area (TPSA) is 23.6 Å². The van der Waals surface area contributed by atoms with E-state index in [0.717, 1.165) is 38.3 Å². The predicted octanol–water partition coefficient (Wildman–Crippen LogP) is 2.27. The molecule has 1 heterocycles. The zero-order valence-corrected chi connectivity index (χ0v) is 12.3. The van der Waals surface area contributed by atoms with Crippen molar-refractivity contribution in [2.45, 2.75) is 6.42 Å². The number of alkyl halides is 1. The van der Waals surface area contributed by atoms with Gasteiger partial charge in [0.1, 0.15) is 0 Å². The molecule has 5 heteroatoms. The van der Waals surface area contributed by atoms with E-state index in [0.29, 0.717) is 17.3 Å². The van der Waals surface area contributed by atoms with E-state index in [1.165, 1.54) is 0 Å². The Bertz CT molecular complexity index is 414. The molecule has 1 aromatic rings. The van der Waals surface area contributed by atoms with E-state index in [2.05, 4.69) is 4.90 Å². The maximum atomic E-state index is 12.2. The molecule has 0 aliphatic carbocycles. The number of nitrogens with zero attached hydrogens (tertiary/aromatic N) is 2. The van der Waals surface area contributed by atoms with Crippen molar-refractivity contribution < 1.29 is 4.79 Å². The fourth-order valence-electron chi connectivity index (χ4n) is 2.23. The van der Waals surface area contributed by atoms with Crippen LogP contribution in [-0.2, 0) is 11.2 Å². The molecule has 0 aromatic heterocycles. The number of carbonyl (C=O) groups excluding carboxylic acids is 1. The minimum absolute atomic E-state index is 0.188. The van der Waals surface area contributed by atoms with Gasteiger partial charge in [-0.1, -0.05) is 23.7 Å². The fourth-order valence-corrected chi connectivity index (χ4v) is 2.59. The van der Waals surface area contributed by atoms with Crippen molar-refractivity contribution >= 4 is 29.1 Å². The van der Waals surface area contributed by atoms with Gasteiger partial charge >= 0.3 is 0 Å². The minimum atomic E-state index is 0.188. The predicted molar refractivity (Wildman–Crippen MR) is 78.9 cm³/mol. The Hall–Kier alpha value is -0.770. The second kappa shape index (κ2) is 7.13. The van der Waals surface area contributed by atoms with Crippen molar-refractivity contribution in [1.82, 2.24) is 9.80 Å². The van der Waals surface area contributed by atoms with E-state index < -0.39 is 0 Å². The third kappa shape index (κ3) is 4.37. The lowest BCUT2D eigenvalue weighted by molar-refractivity contribution is -0.132. The van der Waals surface area contributed by atoms with Crippen molar-refractivity contribution in [1.29, 1.82) is 0 Å². The molecule has 2 rings (SSSR count). The van der Waals surface area contributed by atoms with Gasteiger partial charge in [-0.25, -0.2) is 0 Å². The normalized spacial score (nSPS) is 16.6. The maximum absolute atomic E-state index is 12.2. The molecule has 0 bridgehead atoms. The van der Waals surface area contributed by atoms with Crippen LogP contribution in [0.5, 0.6) is 0 Å². The van der Waals surface area contributed by atoms with Crippen molar-refractivity contribution in [2.24, 2.45) is 0 Å². The number of hydrogen-bond acceptors (Lipinski definition) is 2. The third-order valence-corrected chi connectivity index (χ3v) is 3.82. The van der Waals surface area contributed by atoms with Crippen LogP contribution in [0, 0.1) is 0 Å². The molecule has 1 amide bonds. The molecule has 104 valence electrons. The van der Waals surface area contributed by atoms with Gasteiger partial charge in [-0.05, 0) is 17.7 Å². The highest BCUT2D eigenvalue weighted by Gasteiger charge is 2.20. The van der Waals surface area contributed by atoms with Gasteiger partial charge in [0.15, 0.2) is 0 Å². The van der Waals surface area contributed by atoms with Crippen LogP contribution in [0.15, 0.2) is 24.3 Å². The molecule has 3 nitrogen and oxygen atoms in total. The second-order valence-corrected chi connectivity index (χ2v) is 5.53. The van der Waals surface area contributed by atoms with Crippen molar-refractivity contribution in [3.8, 4) is 0 Å². The lowest BCUT2D eigenvalue weighted by atomic mass is 10.1. The molecule has 1 saturated heterocycles. The molecule has 0 spiro atoms. The number of hydrogen-bond donors (Lipinski definition) is 0. The monoisotopic (exact) mass is 300 g/mol. The first-order chi connectivity index (χ1) is 9.19. The molecule has 1 aliphatic heterocycles. The molecule has 1 aliphatic rings. The van der Waals surface area contributed by atoms with Crippen molar-refractivity contribution in [2.75, 3.05) is 38.6 Å². The Kier molecular flexibility index (Phi) is 5.49. The third-order valence-electron chi connectivity index (χ3n) is 3.39. The first kappa shape index (κ1) is 14.6. The number of piperazine rings is 1. The van der Waals surface area contributed by atoms with E-state index in [4.69, 9.17) is 23.2 Å². The van der Waals surface area contributed by atoms with Crippen LogP contribution in [0.4, 0.5) is 0 Å². The summed E-state index contributed by atoms with van der Waals surface area (Å²) in [4.78, 5) is 16.4. The number of carbonyl (C=O) groups is 1. The van der Waals surface area contributed by atoms with E-state index in [-0.39, 0.29) is 5.91 Å². The zero-order chi connectivity index (χ0) is 13.7. The summed E-state index contributed by atoms with van der Waals surface area (Å²) >= 11 is 11.6. The number of amides is 1. The van der Waals surface area contributed by atoms with E-state index >= 15 is 0 Å². The van der Waals surface area contributed by atoms with Gasteiger partial charge in [-0.2, -0.15) is 0 Å². The van der Waals surface area contributed by atoms with Crippen LogP contribution in [0.1, 0.15) is 5.56 Å². The van der Waals surface area contributed by atoms with E-state index in [9.17, 15) is 4.79 Å². The summed E-state index contributed by atoms with van der Waals surface area (Å²) in [5, 5.41) is 0.700. The van der Waals surface area contributed by atoms with Gasteiger partial charge in [0.2, 0.25) is 5.91 Å². The minimum Gasteiger partial charge on any atom is -0.340 e. The van der Waals surface area contributed by atoms with Crippen LogP contribution >= 0.6 is 23.2 Å². The van der Waals surface area contributed by atoms with Crippen LogP contribution in [-0.4, -0.2) is 54.3 Å². The molecule has 0 unspecified atom stereocenters. The average Bonchev–Trinajstić information content (AvgIpc) is 2.42. The lowest BCUT2D eigenvalue weighted by Gasteiger charge is -2.34. The molecule has 0 N–H and O–H groups in total. The first-order valence-corrected chi connectivity index (χ1v) is 7.41. The number of benzene rings is 1. The zero-order valence-electron chi connectivity index (χ0n) is 10.8. The maximum Gasteiger partial charge on any atom is 0.227 e. The molecule has 19 heavy (non-hydrogen) atoms. The van der Waals surface area contributed by atoms with Crippen LogP contribution in [0.3, 0.4) is 0 Å². The highest BCUT2D eigenvalue weighted by molar-refractivity contribution is 6.30. The van der Waals surface area contributed by atoms with Crippen molar-refractivity contribution in [3.63, 3.8) is 0 Å². The van der Waals surface area contributed by atoms with Gasteiger partial charge in [0.25, 0.3) is 0 Å². The Morgan fingerprint density at radius 2 is 1.74 bits per heavy atom. The molecular weight excluding hydrogens is 283 g/mol. The number of halogens is 2. The molecule has 0 saturated carbocycles. The smallest absolute Gasteiger partial charge is 0.227 e. The molecular formula is C14H18Cl2N2O. The molecule has 0 radical (unpaired) electrons. The molecule has 1 fully saturated rings. The largest absolute Gasteiger partial charge is 0.340 e. The van der Waals surface area contributed by atoms with E-state index in [1.807, 2.05) is 29.2 Å². The van der Waals surface area contributed by atoms with Crippen LogP contribution in [0.2, 0.25) is 5.02 Å². The first-order valence-electron chi connectivity index (χ1n) is 6.49. The quantitative estimate of drug-likeness (QED) is 0.797. The summed E-state index contributed by atoms with van der Waals surface area (Å²) in [6, 6.07) is 7.46.